The molecule has 94 valence electrons. The largest absolute Gasteiger partial charge is 0.489 e. The molecule has 0 heterocycles. The highest BCUT2D eigenvalue weighted by Gasteiger charge is 1.98. The van der Waals surface area contributed by atoms with E-state index in [-0.39, 0.29) is 0 Å². The van der Waals surface area contributed by atoms with Gasteiger partial charge in [0, 0.05) is 5.88 Å². The maximum Gasteiger partial charge on any atom is 0.119 e. The molecular formula is C16H17ClO. The molecule has 2 rings (SSSR count). The average molecular weight is 261 g/mol. The summed E-state index contributed by atoms with van der Waals surface area (Å²) in [5.41, 5.74) is 4.85. The van der Waals surface area contributed by atoms with Crippen LogP contribution in [0.1, 0.15) is 22.3 Å². The van der Waals surface area contributed by atoms with Crippen molar-refractivity contribution in [3.63, 3.8) is 0 Å². The standard InChI is InChI=1S/C16H17ClO/c1-12-7-13(2)9-15(8-12)11-18-16-5-3-14(10-17)4-6-16/h3-9H,10-11H2,1-2H3. The predicted octanol–water partition coefficient (Wildman–Crippen LogP) is 4.62. The molecule has 0 unspecified atom stereocenters. The maximum atomic E-state index is 5.76. The Morgan fingerprint density at radius 1 is 0.889 bits per heavy atom. The molecule has 0 saturated carbocycles. The Morgan fingerprint density at radius 3 is 2.06 bits per heavy atom. The van der Waals surface area contributed by atoms with Gasteiger partial charge in [0.05, 0.1) is 0 Å². The van der Waals surface area contributed by atoms with Gasteiger partial charge in [-0.2, -0.15) is 0 Å². The highest BCUT2D eigenvalue weighted by atomic mass is 35.5. The minimum Gasteiger partial charge on any atom is -0.489 e. The lowest BCUT2D eigenvalue weighted by atomic mass is 10.1. The van der Waals surface area contributed by atoms with Crippen molar-refractivity contribution >= 4 is 11.6 Å². The van der Waals surface area contributed by atoms with Crippen molar-refractivity contribution in [1.82, 2.24) is 0 Å². The van der Waals surface area contributed by atoms with Gasteiger partial charge in [-0.1, -0.05) is 41.5 Å². The summed E-state index contributed by atoms with van der Waals surface area (Å²) >= 11 is 5.75. The molecule has 18 heavy (non-hydrogen) atoms. The Balaban J connectivity index is 2.01. The van der Waals surface area contributed by atoms with Crippen LogP contribution in [-0.4, -0.2) is 0 Å². The first kappa shape index (κ1) is 13.0. The minimum atomic E-state index is 0.539. The molecule has 0 aliphatic rings. The van der Waals surface area contributed by atoms with Gasteiger partial charge in [-0.25, -0.2) is 0 Å². The molecule has 0 saturated heterocycles. The minimum absolute atomic E-state index is 0.539. The first-order chi connectivity index (χ1) is 8.67. The van der Waals surface area contributed by atoms with E-state index in [2.05, 4.69) is 32.0 Å². The van der Waals surface area contributed by atoms with Crippen LogP contribution in [0.4, 0.5) is 0 Å². The van der Waals surface area contributed by atoms with Crippen LogP contribution in [0.2, 0.25) is 0 Å². The summed E-state index contributed by atoms with van der Waals surface area (Å²) in [5, 5.41) is 0. The molecule has 0 atom stereocenters. The smallest absolute Gasteiger partial charge is 0.119 e. The van der Waals surface area contributed by atoms with E-state index in [1.54, 1.807) is 0 Å². The van der Waals surface area contributed by atoms with Gasteiger partial charge in [0.25, 0.3) is 0 Å². The van der Waals surface area contributed by atoms with Gasteiger partial charge in [0.2, 0.25) is 0 Å². The lowest BCUT2D eigenvalue weighted by Gasteiger charge is -2.08. The van der Waals surface area contributed by atoms with E-state index >= 15 is 0 Å². The van der Waals surface area contributed by atoms with Crippen LogP contribution in [0, 0.1) is 13.8 Å². The van der Waals surface area contributed by atoms with E-state index in [0.717, 1.165) is 11.3 Å². The average Bonchev–Trinajstić information content (AvgIpc) is 2.36. The highest BCUT2D eigenvalue weighted by Crippen LogP contribution is 2.16. The van der Waals surface area contributed by atoms with Gasteiger partial charge in [0.15, 0.2) is 0 Å². The van der Waals surface area contributed by atoms with Crippen LogP contribution in [0.5, 0.6) is 5.75 Å². The number of ether oxygens (including phenoxy) is 1. The number of alkyl halides is 1. The summed E-state index contributed by atoms with van der Waals surface area (Å²) in [5.74, 6) is 1.42. The Labute approximate surface area is 113 Å². The van der Waals surface area contributed by atoms with Gasteiger partial charge < -0.3 is 4.74 Å². The van der Waals surface area contributed by atoms with Crippen LogP contribution in [0.25, 0.3) is 0 Å². The summed E-state index contributed by atoms with van der Waals surface area (Å²) in [6.07, 6.45) is 0. The van der Waals surface area contributed by atoms with Crippen molar-refractivity contribution in [1.29, 1.82) is 0 Å². The molecule has 0 radical (unpaired) electrons. The molecule has 0 aliphatic heterocycles. The van der Waals surface area contributed by atoms with E-state index < -0.39 is 0 Å². The Morgan fingerprint density at radius 2 is 1.50 bits per heavy atom. The van der Waals surface area contributed by atoms with Crippen molar-refractivity contribution in [2.45, 2.75) is 26.3 Å². The van der Waals surface area contributed by atoms with E-state index in [4.69, 9.17) is 16.3 Å². The Bertz CT molecular complexity index is 497. The van der Waals surface area contributed by atoms with Crippen LogP contribution >= 0.6 is 11.6 Å². The third-order valence-electron chi connectivity index (χ3n) is 2.76. The van der Waals surface area contributed by atoms with E-state index in [0.29, 0.717) is 12.5 Å². The molecule has 0 fully saturated rings. The first-order valence-corrected chi connectivity index (χ1v) is 6.56. The summed E-state index contributed by atoms with van der Waals surface area (Å²) in [7, 11) is 0. The molecule has 0 amide bonds. The third kappa shape index (κ3) is 3.51. The van der Waals surface area contributed by atoms with Crippen molar-refractivity contribution in [2.24, 2.45) is 0 Å². The molecular weight excluding hydrogens is 244 g/mol. The fourth-order valence-corrected chi connectivity index (χ4v) is 2.17. The number of benzene rings is 2. The van der Waals surface area contributed by atoms with E-state index in [9.17, 15) is 0 Å². The molecule has 2 aromatic rings. The van der Waals surface area contributed by atoms with Crippen LogP contribution < -0.4 is 4.74 Å². The zero-order valence-electron chi connectivity index (χ0n) is 10.7. The number of rotatable bonds is 4. The first-order valence-electron chi connectivity index (χ1n) is 6.02. The number of aryl methyl sites for hydroxylation is 2. The number of hydrogen-bond acceptors (Lipinski definition) is 1. The van der Waals surface area contributed by atoms with Crippen molar-refractivity contribution in [2.75, 3.05) is 0 Å². The zero-order valence-corrected chi connectivity index (χ0v) is 11.5. The molecule has 0 aliphatic carbocycles. The molecule has 2 aromatic carbocycles. The van der Waals surface area contributed by atoms with Gasteiger partial charge in [-0.3, -0.25) is 0 Å². The van der Waals surface area contributed by atoms with E-state index in [1.807, 2.05) is 24.3 Å². The molecule has 0 bridgehead atoms. The Kier molecular flexibility index (Phi) is 4.27. The second kappa shape index (κ2) is 5.92. The summed E-state index contributed by atoms with van der Waals surface area (Å²) in [6.45, 7) is 4.81. The summed E-state index contributed by atoms with van der Waals surface area (Å²) in [4.78, 5) is 0. The van der Waals surface area contributed by atoms with Crippen molar-refractivity contribution in [3.05, 3.63) is 64.7 Å². The SMILES string of the molecule is Cc1cc(C)cc(COc2ccc(CCl)cc2)c1. The Hall–Kier alpha value is -1.47. The lowest BCUT2D eigenvalue weighted by molar-refractivity contribution is 0.306. The third-order valence-corrected chi connectivity index (χ3v) is 3.07. The maximum absolute atomic E-state index is 5.76. The molecule has 0 spiro atoms. The fraction of sp³-hybridized carbons (Fsp3) is 0.250. The topological polar surface area (TPSA) is 9.23 Å². The lowest BCUT2D eigenvalue weighted by Crippen LogP contribution is -1.96. The second-order valence-corrected chi connectivity index (χ2v) is 4.83. The molecule has 0 aromatic heterocycles. The highest BCUT2D eigenvalue weighted by molar-refractivity contribution is 6.17. The summed E-state index contributed by atoms with van der Waals surface area (Å²) < 4.78 is 5.76. The molecule has 1 nitrogen and oxygen atoms in total. The number of halogens is 1. The van der Waals surface area contributed by atoms with Gasteiger partial charge in [-0.15, -0.1) is 11.6 Å². The fourth-order valence-electron chi connectivity index (χ4n) is 1.99. The summed E-state index contributed by atoms with van der Waals surface area (Å²) in [6, 6.07) is 14.4. The molecule has 2 heteroatoms. The zero-order chi connectivity index (χ0) is 13.0. The van der Waals surface area contributed by atoms with Crippen molar-refractivity contribution < 1.29 is 4.74 Å². The van der Waals surface area contributed by atoms with Crippen molar-refractivity contribution in [3.8, 4) is 5.75 Å². The monoisotopic (exact) mass is 260 g/mol. The van der Waals surface area contributed by atoms with Crippen LogP contribution in [0.3, 0.4) is 0 Å². The van der Waals surface area contributed by atoms with Crippen LogP contribution in [0.15, 0.2) is 42.5 Å². The predicted molar refractivity (Wildman–Crippen MR) is 76.2 cm³/mol. The number of hydrogen-bond donors (Lipinski definition) is 0. The van der Waals surface area contributed by atoms with E-state index in [1.165, 1.54) is 16.7 Å². The van der Waals surface area contributed by atoms with Gasteiger partial charge in [0.1, 0.15) is 12.4 Å². The van der Waals surface area contributed by atoms with Crippen LogP contribution in [-0.2, 0) is 12.5 Å². The van der Waals surface area contributed by atoms with Gasteiger partial charge in [-0.05, 0) is 37.1 Å². The quantitative estimate of drug-likeness (QED) is 0.729. The second-order valence-electron chi connectivity index (χ2n) is 4.56. The van der Waals surface area contributed by atoms with Gasteiger partial charge >= 0.3 is 0 Å². The normalized spacial score (nSPS) is 10.4. The molecule has 0 N–H and O–H groups in total.